The number of carbonyl (C=O) groups excluding carboxylic acids is 1. The highest BCUT2D eigenvalue weighted by atomic mass is 16.5. The van der Waals surface area contributed by atoms with Crippen LogP contribution in [0.25, 0.3) is 0 Å². The maximum atomic E-state index is 12.5. The molecule has 9 heteroatoms. The van der Waals surface area contributed by atoms with E-state index in [1.165, 1.54) is 19.8 Å². The second-order valence-electron chi connectivity index (χ2n) is 8.03. The molecular weight excluding hydrogens is 426 g/mol. The standard InChI is InChI=1S/C24H33N3O6/c1-27(10-9-16-7-5-4-6-8-16)22-20(33-21(15-28)23(22)29)14-25-24(30)26-17-11-18(31-2)13-19(12-17)32-3/h4-8,11-13,20-23,28-29H,9-10,14-15H2,1-3H3,(H2,25,26,30). The van der Waals surface area contributed by atoms with E-state index in [2.05, 4.69) is 22.8 Å². The Bertz CT molecular complexity index is 875. The number of methoxy groups -OCH3 is 2. The van der Waals surface area contributed by atoms with Gasteiger partial charge >= 0.3 is 6.03 Å². The van der Waals surface area contributed by atoms with Crippen molar-refractivity contribution in [2.45, 2.75) is 30.8 Å². The van der Waals surface area contributed by atoms with Gasteiger partial charge in [0.25, 0.3) is 0 Å². The van der Waals surface area contributed by atoms with Crippen molar-refractivity contribution in [2.24, 2.45) is 0 Å². The number of hydrogen-bond donors (Lipinski definition) is 4. The zero-order valence-electron chi connectivity index (χ0n) is 19.2. The van der Waals surface area contributed by atoms with Crippen molar-refractivity contribution in [1.82, 2.24) is 10.2 Å². The van der Waals surface area contributed by atoms with Crippen LogP contribution >= 0.6 is 0 Å². The van der Waals surface area contributed by atoms with Crippen LogP contribution in [0, 0.1) is 0 Å². The number of likely N-dealkylation sites (N-methyl/N-ethyl adjacent to an activating group) is 1. The highest BCUT2D eigenvalue weighted by Crippen LogP contribution is 2.27. The van der Waals surface area contributed by atoms with E-state index in [0.717, 1.165) is 6.42 Å². The first kappa shape index (κ1) is 24.8. The maximum absolute atomic E-state index is 12.5. The molecule has 0 radical (unpaired) electrons. The topological polar surface area (TPSA) is 113 Å². The molecule has 2 aromatic rings. The molecule has 0 spiro atoms. The van der Waals surface area contributed by atoms with Gasteiger partial charge in [0.2, 0.25) is 0 Å². The Balaban J connectivity index is 1.59. The van der Waals surface area contributed by atoms with Crippen molar-refractivity contribution in [3.63, 3.8) is 0 Å². The SMILES string of the molecule is COc1cc(NC(=O)NCC2OC(CO)C(O)C2N(C)CCc2ccccc2)cc(OC)c1. The fourth-order valence-corrected chi connectivity index (χ4v) is 4.04. The monoisotopic (exact) mass is 459 g/mol. The van der Waals surface area contributed by atoms with Crippen LogP contribution in [0.3, 0.4) is 0 Å². The molecule has 1 heterocycles. The Morgan fingerprint density at radius 1 is 1.09 bits per heavy atom. The van der Waals surface area contributed by atoms with Crippen molar-refractivity contribution in [3.05, 3.63) is 54.1 Å². The summed E-state index contributed by atoms with van der Waals surface area (Å²) in [5, 5.41) is 25.9. The molecule has 33 heavy (non-hydrogen) atoms. The molecule has 0 aliphatic carbocycles. The molecule has 2 aromatic carbocycles. The Kier molecular flexibility index (Phi) is 8.90. The number of ether oxygens (including phenoxy) is 3. The molecule has 1 aliphatic rings. The van der Waals surface area contributed by atoms with Gasteiger partial charge in [0.05, 0.1) is 33.0 Å². The predicted octanol–water partition coefficient (Wildman–Crippen LogP) is 1.49. The number of anilines is 1. The summed E-state index contributed by atoms with van der Waals surface area (Å²) in [6.45, 7) is 0.566. The maximum Gasteiger partial charge on any atom is 0.319 e. The molecule has 0 bridgehead atoms. The summed E-state index contributed by atoms with van der Waals surface area (Å²) in [7, 11) is 4.98. The molecule has 1 fully saturated rings. The Hall–Kier alpha value is -2.85. The lowest BCUT2D eigenvalue weighted by molar-refractivity contribution is -0.0205. The fraction of sp³-hybridized carbons (Fsp3) is 0.458. The highest BCUT2D eigenvalue weighted by molar-refractivity contribution is 5.89. The lowest BCUT2D eigenvalue weighted by Crippen LogP contribution is -2.50. The van der Waals surface area contributed by atoms with Crippen molar-refractivity contribution in [1.29, 1.82) is 0 Å². The van der Waals surface area contributed by atoms with Gasteiger partial charge in [-0.05, 0) is 19.0 Å². The van der Waals surface area contributed by atoms with Crippen LogP contribution in [0.1, 0.15) is 5.56 Å². The van der Waals surface area contributed by atoms with Gasteiger partial charge in [0, 0.05) is 37.0 Å². The van der Waals surface area contributed by atoms with Gasteiger partial charge in [0.1, 0.15) is 23.7 Å². The van der Waals surface area contributed by atoms with Gasteiger partial charge in [-0.1, -0.05) is 30.3 Å². The molecule has 0 aromatic heterocycles. The predicted molar refractivity (Wildman–Crippen MR) is 125 cm³/mol. The minimum atomic E-state index is -0.867. The molecule has 4 unspecified atom stereocenters. The Labute approximate surface area is 194 Å². The number of nitrogens with one attached hydrogen (secondary N) is 2. The number of aliphatic hydroxyl groups excluding tert-OH is 2. The van der Waals surface area contributed by atoms with Crippen LogP contribution in [0.4, 0.5) is 10.5 Å². The van der Waals surface area contributed by atoms with E-state index in [1.807, 2.05) is 30.1 Å². The average Bonchev–Trinajstić information content (AvgIpc) is 3.16. The van der Waals surface area contributed by atoms with Gasteiger partial charge in [-0.2, -0.15) is 0 Å². The minimum Gasteiger partial charge on any atom is -0.497 e. The zero-order chi connectivity index (χ0) is 23.8. The summed E-state index contributed by atoms with van der Waals surface area (Å²) in [6.07, 6.45) is -1.24. The molecule has 1 aliphatic heterocycles. The van der Waals surface area contributed by atoms with Gasteiger partial charge in [-0.15, -0.1) is 0 Å². The van der Waals surface area contributed by atoms with E-state index in [-0.39, 0.29) is 19.2 Å². The number of benzene rings is 2. The lowest BCUT2D eigenvalue weighted by Gasteiger charge is -2.30. The third kappa shape index (κ3) is 6.58. The molecule has 3 rings (SSSR count). The van der Waals surface area contributed by atoms with Crippen LogP contribution in [0.15, 0.2) is 48.5 Å². The summed E-state index contributed by atoms with van der Waals surface area (Å²) in [5.74, 6) is 1.11. The molecule has 1 saturated heterocycles. The summed E-state index contributed by atoms with van der Waals surface area (Å²) in [6, 6.07) is 14.3. The number of urea groups is 1. The third-order valence-electron chi connectivity index (χ3n) is 5.82. The quantitative estimate of drug-likeness (QED) is 0.426. The molecule has 4 atom stereocenters. The van der Waals surface area contributed by atoms with Crippen LogP contribution in [0.5, 0.6) is 11.5 Å². The first-order chi connectivity index (χ1) is 15.9. The number of carbonyl (C=O) groups is 1. The number of amides is 2. The number of nitrogens with zero attached hydrogens (tertiary/aromatic N) is 1. The first-order valence-electron chi connectivity index (χ1n) is 10.9. The fourth-order valence-electron chi connectivity index (χ4n) is 4.04. The lowest BCUT2D eigenvalue weighted by atomic mass is 10.0. The van der Waals surface area contributed by atoms with E-state index in [4.69, 9.17) is 14.2 Å². The Morgan fingerprint density at radius 2 is 1.76 bits per heavy atom. The van der Waals surface area contributed by atoms with Crippen LogP contribution in [0.2, 0.25) is 0 Å². The number of rotatable bonds is 10. The van der Waals surface area contributed by atoms with Crippen LogP contribution in [-0.2, 0) is 11.2 Å². The smallest absolute Gasteiger partial charge is 0.319 e. The molecule has 4 N–H and O–H groups in total. The third-order valence-corrected chi connectivity index (χ3v) is 5.82. The van der Waals surface area contributed by atoms with Crippen molar-refractivity contribution < 1.29 is 29.2 Å². The van der Waals surface area contributed by atoms with E-state index in [0.29, 0.717) is 23.7 Å². The summed E-state index contributed by atoms with van der Waals surface area (Å²) >= 11 is 0. The van der Waals surface area contributed by atoms with E-state index < -0.39 is 24.3 Å². The van der Waals surface area contributed by atoms with Gasteiger partial charge in [0.15, 0.2) is 0 Å². The second-order valence-corrected chi connectivity index (χ2v) is 8.03. The largest absolute Gasteiger partial charge is 0.497 e. The summed E-state index contributed by atoms with van der Waals surface area (Å²) in [4.78, 5) is 14.5. The van der Waals surface area contributed by atoms with Crippen LogP contribution in [-0.4, -0.2) is 86.5 Å². The molecule has 0 saturated carbocycles. The molecule has 9 nitrogen and oxygen atoms in total. The molecular formula is C24H33N3O6. The van der Waals surface area contributed by atoms with Crippen molar-refractivity contribution in [2.75, 3.05) is 46.3 Å². The van der Waals surface area contributed by atoms with E-state index in [9.17, 15) is 15.0 Å². The molecule has 180 valence electrons. The highest BCUT2D eigenvalue weighted by Gasteiger charge is 2.45. The normalized spacial score (nSPS) is 22.2. The van der Waals surface area contributed by atoms with Gasteiger partial charge in [-0.25, -0.2) is 4.79 Å². The molecule has 2 amide bonds. The van der Waals surface area contributed by atoms with Crippen LogP contribution < -0.4 is 20.1 Å². The Morgan fingerprint density at radius 3 is 2.36 bits per heavy atom. The van der Waals surface area contributed by atoms with E-state index in [1.54, 1.807) is 18.2 Å². The van der Waals surface area contributed by atoms with Gasteiger partial charge in [-0.3, -0.25) is 4.90 Å². The average molecular weight is 460 g/mol. The number of hydrogen-bond acceptors (Lipinski definition) is 7. The summed E-state index contributed by atoms with van der Waals surface area (Å²) < 4.78 is 16.3. The van der Waals surface area contributed by atoms with E-state index >= 15 is 0 Å². The minimum absolute atomic E-state index is 0.168. The van der Waals surface area contributed by atoms with Gasteiger partial charge < -0.3 is 35.1 Å². The number of aliphatic hydroxyl groups is 2. The summed E-state index contributed by atoms with van der Waals surface area (Å²) in [5.41, 5.74) is 1.71. The van der Waals surface area contributed by atoms with Crippen molar-refractivity contribution >= 4 is 11.7 Å². The first-order valence-corrected chi connectivity index (χ1v) is 10.9. The zero-order valence-corrected chi connectivity index (χ0v) is 19.2. The second kappa shape index (κ2) is 11.9. The van der Waals surface area contributed by atoms with Crippen molar-refractivity contribution in [3.8, 4) is 11.5 Å².